The predicted molar refractivity (Wildman–Crippen MR) is 112 cm³/mol. The van der Waals surface area contributed by atoms with E-state index in [0.717, 1.165) is 3.57 Å². The molecule has 0 unspecified atom stereocenters. The molecule has 0 aliphatic heterocycles. The number of hydrogen-bond acceptors (Lipinski definition) is 4. The monoisotopic (exact) mass is 484 g/mol. The Balaban J connectivity index is 2.09. The van der Waals surface area contributed by atoms with Crippen molar-refractivity contribution in [3.8, 4) is 5.75 Å². The fourth-order valence-corrected chi connectivity index (χ4v) is 2.81. The second-order valence-electron chi connectivity index (χ2n) is 5.60. The molecule has 0 atom stereocenters. The third-order valence-electron chi connectivity index (χ3n) is 3.16. The van der Waals surface area contributed by atoms with Crippen LogP contribution in [0.1, 0.15) is 34.6 Å². The minimum Gasteiger partial charge on any atom is -0.491 e. The zero-order chi connectivity index (χ0) is 19.3. The highest BCUT2D eigenvalue weighted by Gasteiger charge is 2.14. The van der Waals surface area contributed by atoms with Gasteiger partial charge in [-0.05, 0) is 85.1 Å². The number of anilines is 1. The van der Waals surface area contributed by atoms with Gasteiger partial charge in [0, 0.05) is 9.13 Å². The number of carboxylic acid groups (broad SMARTS) is 1. The molecule has 0 bridgehead atoms. The minimum absolute atomic E-state index is 0.00799. The molecule has 3 N–H and O–H groups in total. The van der Waals surface area contributed by atoms with E-state index in [4.69, 9.17) is 17.0 Å². The second-order valence-corrected chi connectivity index (χ2v) is 7.25. The van der Waals surface area contributed by atoms with Gasteiger partial charge in [0.05, 0.1) is 17.4 Å². The number of carboxylic acids is 1. The summed E-state index contributed by atoms with van der Waals surface area (Å²) in [5, 5.41) is 14.6. The van der Waals surface area contributed by atoms with Gasteiger partial charge in [0.25, 0.3) is 5.91 Å². The van der Waals surface area contributed by atoms with E-state index < -0.39 is 11.9 Å². The normalized spacial score (nSPS) is 10.3. The molecule has 1 amide bonds. The summed E-state index contributed by atoms with van der Waals surface area (Å²) in [6.45, 7) is 3.79. The zero-order valence-corrected chi connectivity index (χ0v) is 17.1. The van der Waals surface area contributed by atoms with Gasteiger partial charge in [-0.2, -0.15) is 0 Å². The van der Waals surface area contributed by atoms with Gasteiger partial charge in [-0.25, -0.2) is 4.79 Å². The van der Waals surface area contributed by atoms with Crippen molar-refractivity contribution in [2.45, 2.75) is 20.0 Å². The van der Waals surface area contributed by atoms with Gasteiger partial charge in [-0.15, -0.1) is 0 Å². The standard InChI is InChI=1S/C18H17IN2O4S/c1-10(2)25-13-5-3-4-11(8-13)16(22)21-18(26)20-15-7-6-12(19)9-14(15)17(23)24/h3-10H,1-2H3,(H,23,24)(H2,20,21,22,26). The molecular weight excluding hydrogens is 467 g/mol. The van der Waals surface area contributed by atoms with Gasteiger partial charge in [-0.3, -0.25) is 10.1 Å². The second kappa shape index (κ2) is 8.95. The Bertz CT molecular complexity index is 855. The van der Waals surface area contributed by atoms with Crippen molar-refractivity contribution in [1.29, 1.82) is 0 Å². The van der Waals surface area contributed by atoms with Gasteiger partial charge >= 0.3 is 5.97 Å². The van der Waals surface area contributed by atoms with Crippen LogP contribution in [0, 0.1) is 3.57 Å². The molecule has 0 aromatic heterocycles. The van der Waals surface area contributed by atoms with Gasteiger partial charge in [0.15, 0.2) is 5.11 Å². The summed E-state index contributed by atoms with van der Waals surface area (Å²) in [6, 6.07) is 11.6. The lowest BCUT2D eigenvalue weighted by Crippen LogP contribution is -2.34. The number of amides is 1. The first-order chi connectivity index (χ1) is 12.3. The molecule has 0 saturated heterocycles. The Hall–Kier alpha value is -2.20. The molecule has 0 aliphatic rings. The van der Waals surface area contributed by atoms with Crippen LogP contribution >= 0.6 is 34.8 Å². The average Bonchev–Trinajstić information content (AvgIpc) is 2.55. The fourth-order valence-electron chi connectivity index (χ4n) is 2.11. The number of hydrogen-bond donors (Lipinski definition) is 3. The summed E-state index contributed by atoms with van der Waals surface area (Å²) in [5.74, 6) is -0.921. The molecule has 0 radical (unpaired) electrons. The number of halogens is 1. The first-order valence-corrected chi connectivity index (χ1v) is 9.17. The molecule has 136 valence electrons. The van der Waals surface area contributed by atoms with E-state index >= 15 is 0 Å². The Morgan fingerprint density at radius 2 is 1.92 bits per heavy atom. The molecule has 6 nitrogen and oxygen atoms in total. The summed E-state index contributed by atoms with van der Waals surface area (Å²) < 4.78 is 6.34. The summed E-state index contributed by atoms with van der Waals surface area (Å²) >= 11 is 7.15. The van der Waals surface area contributed by atoms with E-state index in [-0.39, 0.29) is 16.8 Å². The van der Waals surface area contributed by atoms with Crippen LogP contribution in [-0.4, -0.2) is 28.2 Å². The topological polar surface area (TPSA) is 87.7 Å². The van der Waals surface area contributed by atoms with Crippen LogP contribution in [0.4, 0.5) is 5.69 Å². The number of ether oxygens (including phenoxy) is 1. The average molecular weight is 484 g/mol. The summed E-state index contributed by atoms with van der Waals surface area (Å²) in [5.41, 5.74) is 0.759. The molecule has 26 heavy (non-hydrogen) atoms. The van der Waals surface area contributed by atoms with E-state index in [0.29, 0.717) is 17.0 Å². The molecule has 0 heterocycles. The van der Waals surface area contributed by atoms with Crippen LogP contribution in [0.5, 0.6) is 5.75 Å². The van der Waals surface area contributed by atoms with Crippen molar-refractivity contribution < 1.29 is 19.4 Å². The molecule has 0 spiro atoms. The summed E-state index contributed by atoms with van der Waals surface area (Å²) in [4.78, 5) is 23.7. The molecular formula is C18H17IN2O4S. The number of nitrogens with one attached hydrogen (secondary N) is 2. The van der Waals surface area contributed by atoms with Crippen LogP contribution < -0.4 is 15.4 Å². The smallest absolute Gasteiger partial charge is 0.337 e. The van der Waals surface area contributed by atoms with Crippen LogP contribution in [0.25, 0.3) is 0 Å². The van der Waals surface area contributed by atoms with Crippen molar-refractivity contribution in [1.82, 2.24) is 5.32 Å². The number of rotatable bonds is 5. The number of carbonyl (C=O) groups excluding carboxylic acids is 1. The third-order valence-corrected chi connectivity index (χ3v) is 4.03. The number of benzene rings is 2. The first kappa shape index (κ1) is 20.1. The quantitative estimate of drug-likeness (QED) is 0.441. The minimum atomic E-state index is -1.08. The Morgan fingerprint density at radius 3 is 2.58 bits per heavy atom. The van der Waals surface area contributed by atoms with Crippen molar-refractivity contribution in [2.24, 2.45) is 0 Å². The van der Waals surface area contributed by atoms with Gasteiger partial charge < -0.3 is 15.2 Å². The van der Waals surface area contributed by atoms with Crippen LogP contribution in [0.2, 0.25) is 0 Å². The molecule has 2 aromatic rings. The Kier molecular flexibility index (Phi) is 6.92. The number of aromatic carboxylic acids is 1. The van der Waals surface area contributed by atoms with Crippen LogP contribution in [0.3, 0.4) is 0 Å². The summed E-state index contributed by atoms with van der Waals surface area (Å²) in [6.07, 6.45) is -0.00799. The van der Waals surface area contributed by atoms with Crippen molar-refractivity contribution in [2.75, 3.05) is 5.32 Å². The predicted octanol–water partition coefficient (Wildman–Crippen LogP) is 3.90. The largest absolute Gasteiger partial charge is 0.491 e. The fraction of sp³-hybridized carbons (Fsp3) is 0.167. The van der Waals surface area contributed by atoms with Gasteiger partial charge in [0.1, 0.15) is 5.75 Å². The maximum Gasteiger partial charge on any atom is 0.337 e. The Labute approximate surface area is 170 Å². The number of thiocarbonyl (C=S) groups is 1. The highest BCUT2D eigenvalue weighted by Crippen LogP contribution is 2.19. The van der Waals surface area contributed by atoms with Crippen molar-refractivity contribution >= 4 is 57.5 Å². The van der Waals surface area contributed by atoms with Gasteiger partial charge in [-0.1, -0.05) is 6.07 Å². The Morgan fingerprint density at radius 1 is 1.19 bits per heavy atom. The lowest BCUT2D eigenvalue weighted by Gasteiger charge is -2.13. The van der Waals surface area contributed by atoms with Crippen LogP contribution in [0.15, 0.2) is 42.5 Å². The lowest BCUT2D eigenvalue weighted by molar-refractivity contribution is 0.0697. The maximum absolute atomic E-state index is 12.3. The van der Waals surface area contributed by atoms with Crippen molar-refractivity contribution in [3.63, 3.8) is 0 Å². The van der Waals surface area contributed by atoms with Crippen molar-refractivity contribution in [3.05, 3.63) is 57.2 Å². The SMILES string of the molecule is CC(C)Oc1cccc(C(=O)NC(=S)Nc2ccc(I)cc2C(=O)O)c1. The number of carbonyl (C=O) groups is 2. The highest BCUT2D eigenvalue weighted by molar-refractivity contribution is 14.1. The van der Waals surface area contributed by atoms with E-state index in [1.54, 1.807) is 36.4 Å². The molecule has 2 rings (SSSR count). The van der Waals surface area contributed by atoms with Crippen LogP contribution in [-0.2, 0) is 0 Å². The van der Waals surface area contributed by atoms with Gasteiger partial charge in [0.2, 0.25) is 0 Å². The lowest BCUT2D eigenvalue weighted by atomic mass is 10.2. The molecule has 8 heteroatoms. The van der Waals surface area contributed by atoms with E-state index in [1.165, 1.54) is 6.07 Å². The molecule has 0 saturated carbocycles. The molecule has 0 aliphatic carbocycles. The van der Waals surface area contributed by atoms with E-state index in [9.17, 15) is 14.7 Å². The maximum atomic E-state index is 12.3. The molecule has 0 fully saturated rings. The van der Waals surface area contributed by atoms with E-state index in [1.807, 2.05) is 36.4 Å². The molecule has 2 aromatic carbocycles. The zero-order valence-electron chi connectivity index (χ0n) is 14.1. The third kappa shape index (κ3) is 5.67. The highest BCUT2D eigenvalue weighted by atomic mass is 127. The first-order valence-electron chi connectivity index (χ1n) is 7.68. The van der Waals surface area contributed by atoms with E-state index in [2.05, 4.69) is 10.6 Å². The summed E-state index contributed by atoms with van der Waals surface area (Å²) in [7, 11) is 0.